The zero-order valence-corrected chi connectivity index (χ0v) is 18.1. The van der Waals surface area contributed by atoms with Gasteiger partial charge in [0.25, 0.3) is 11.1 Å². The van der Waals surface area contributed by atoms with Crippen molar-refractivity contribution in [1.82, 2.24) is 4.90 Å². The molecule has 2 aromatic carbocycles. The van der Waals surface area contributed by atoms with Crippen LogP contribution in [-0.4, -0.2) is 40.7 Å². The number of amides is 3. The third kappa shape index (κ3) is 5.28. The molecule has 1 aliphatic heterocycles. The number of thioether (sulfide) groups is 1. The van der Waals surface area contributed by atoms with Gasteiger partial charge in [0.2, 0.25) is 5.91 Å². The van der Waals surface area contributed by atoms with Crippen molar-refractivity contribution in [2.75, 3.05) is 19.0 Å². The Kier molecular flexibility index (Phi) is 7.04. The molecule has 0 atom stereocenters. The molecule has 0 aromatic heterocycles. The van der Waals surface area contributed by atoms with Gasteiger partial charge in [-0.05, 0) is 66.2 Å². The van der Waals surface area contributed by atoms with E-state index in [1.54, 1.807) is 42.5 Å². The summed E-state index contributed by atoms with van der Waals surface area (Å²) in [6.07, 6.45) is 3.55. The van der Waals surface area contributed by atoms with Crippen molar-refractivity contribution in [1.29, 1.82) is 0 Å². The van der Waals surface area contributed by atoms with E-state index in [1.807, 2.05) is 0 Å². The normalized spacial score (nSPS) is 14.8. The Bertz CT molecular complexity index is 1080. The highest BCUT2D eigenvalue weighted by atomic mass is 35.5. The minimum atomic E-state index is -0.571. The average Bonchev–Trinajstić information content (AvgIpc) is 2.99. The molecule has 1 heterocycles. The number of nitrogens with one attached hydrogen (secondary N) is 1. The first-order chi connectivity index (χ1) is 14.8. The molecule has 31 heavy (non-hydrogen) atoms. The third-order valence-electron chi connectivity index (χ3n) is 4.36. The van der Waals surface area contributed by atoms with Gasteiger partial charge in [-0.3, -0.25) is 19.3 Å². The second-order valence-corrected chi connectivity index (χ2v) is 7.98. The van der Waals surface area contributed by atoms with Crippen LogP contribution in [0.15, 0.2) is 54.0 Å². The molecular formula is C22H19ClN2O5S. The maximum atomic E-state index is 12.7. The summed E-state index contributed by atoms with van der Waals surface area (Å²) >= 11 is 6.56. The van der Waals surface area contributed by atoms with Gasteiger partial charge in [0.05, 0.1) is 12.0 Å². The van der Waals surface area contributed by atoms with Crippen molar-refractivity contribution in [3.8, 4) is 11.5 Å². The van der Waals surface area contributed by atoms with Crippen molar-refractivity contribution in [2.24, 2.45) is 0 Å². The van der Waals surface area contributed by atoms with E-state index in [4.69, 9.17) is 16.3 Å². The summed E-state index contributed by atoms with van der Waals surface area (Å²) < 4.78 is 5.18. The molecule has 1 saturated heterocycles. The molecule has 160 valence electrons. The number of phenolic OH excluding ortho intramolecular Hbond substituents is 1. The number of aromatic hydroxyl groups is 1. The number of carbonyl (C=O) groups is 3. The van der Waals surface area contributed by atoms with Crippen LogP contribution in [-0.2, 0) is 16.0 Å². The number of carbonyl (C=O) groups excluding carboxylic acids is 3. The lowest BCUT2D eigenvalue weighted by Crippen LogP contribution is -2.36. The number of rotatable bonds is 7. The second-order valence-electron chi connectivity index (χ2n) is 6.55. The van der Waals surface area contributed by atoms with Gasteiger partial charge in [-0.15, -0.1) is 6.58 Å². The van der Waals surface area contributed by atoms with E-state index in [0.29, 0.717) is 28.3 Å². The number of halogens is 1. The average molecular weight is 459 g/mol. The molecule has 7 nitrogen and oxygen atoms in total. The number of benzene rings is 2. The highest BCUT2D eigenvalue weighted by molar-refractivity contribution is 8.18. The van der Waals surface area contributed by atoms with E-state index >= 15 is 0 Å². The molecule has 9 heteroatoms. The Balaban J connectivity index is 1.77. The van der Waals surface area contributed by atoms with Crippen LogP contribution < -0.4 is 10.1 Å². The van der Waals surface area contributed by atoms with Gasteiger partial charge in [0, 0.05) is 16.3 Å². The summed E-state index contributed by atoms with van der Waals surface area (Å²) in [7, 11) is 1.42. The SMILES string of the molecule is C=CCc1cc(/C=C2\SC(=O)N(CC(=O)Nc3ccc(Cl)cc3)C2=O)cc(OC)c1O. The van der Waals surface area contributed by atoms with Crippen molar-refractivity contribution in [2.45, 2.75) is 6.42 Å². The van der Waals surface area contributed by atoms with Crippen molar-refractivity contribution >= 4 is 52.2 Å². The van der Waals surface area contributed by atoms with Crippen LogP contribution in [0.2, 0.25) is 5.02 Å². The second kappa shape index (κ2) is 9.72. The zero-order valence-electron chi connectivity index (χ0n) is 16.6. The van der Waals surface area contributed by atoms with Crippen LogP contribution in [0.4, 0.5) is 10.5 Å². The fourth-order valence-corrected chi connectivity index (χ4v) is 3.87. The predicted molar refractivity (Wildman–Crippen MR) is 121 cm³/mol. The van der Waals surface area contributed by atoms with Crippen LogP contribution in [0.5, 0.6) is 11.5 Å². The molecule has 1 aliphatic rings. The van der Waals surface area contributed by atoms with Gasteiger partial charge in [0.15, 0.2) is 11.5 Å². The summed E-state index contributed by atoms with van der Waals surface area (Å²) in [5, 5.41) is 12.8. The molecule has 3 amide bonds. The first-order valence-corrected chi connectivity index (χ1v) is 10.3. The number of nitrogens with zero attached hydrogens (tertiary/aromatic N) is 1. The molecule has 0 unspecified atom stereocenters. The lowest BCUT2D eigenvalue weighted by atomic mass is 10.1. The van der Waals surface area contributed by atoms with E-state index in [9.17, 15) is 19.5 Å². The lowest BCUT2D eigenvalue weighted by molar-refractivity contribution is -0.127. The fraction of sp³-hybridized carbons (Fsp3) is 0.136. The molecule has 1 fully saturated rings. The molecule has 0 radical (unpaired) electrons. The highest BCUT2D eigenvalue weighted by Gasteiger charge is 2.36. The first-order valence-electron chi connectivity index (χ1n) is 9.14. The monoisotopic (exact) mass is 458 g/mol. The standard InChI is InChI=1S/C22H19ClN2O5S/c1-3-4-14-9-13(10-17(30-2)20(14)27)11-18-21(28)25(22(29)31-18)12-19(26)24-16-7-5-15(23)6-8-16/h3,5-11,27H,1,4,12H2,2H3,(H,24,26)/b18-11-. The number of hydrogen-bond acceptors (Lipinski definition) is 6. The first kappa shape index (κ1) is 22.5. The van der Waals surface area contributed by atoms with Crippen LogP contribution in [0.3, 0.4) is 0 Å². The Morgan fingerprint density at radius 3 is 2.65 bits per heavy atom. The van der Waals surface area contributed by atoms with E-state index in [1.165, 1.54) is 13.2 Å². The number of hydrogen-bond donors (Lipinski definition) is 2. The Labute approximate surface area is 188 Å². The Hall–Kier alpha value is -3.23. The number of imide groups is 1. The van der Waals surface area contributed by atoms with E-state index in [-0.39, 0.29) is 16.4 Å². The number of methoxy groups -OCH3 is 1. The fourth-order valence-electron chi connectivity index (χ4n) is 2.90. The zero-order chi connectivity index (χ0) is 22.5. The summed E-state index contributed by atoms with van der Waals surface area (Å²) in [6.45, 7) is 3.25. The molecule has 3 rings (SSSR count). The third-order valence-corrected chi connectivity index (χ3v) is 5.52. The molecule has 0 bridgehead atoms. The number of ether oxygens (including phenoxy) is 1. The summed E-state index contributed by atoms with van der Waals surface area (Å²) in [5.74, 6) is -0.845. The molecular weight excluding hydrogens is 440 g/mol. The van der Waals surface area contributed by atoms with Crippen LogP contribution in [0.25, 0.3) is 6.08 Å². The van der Waals surface area contributed by atoms with Crippen LogP contribution in [0.1, 0.15) is 11.1 Å². The quantitative estimate of drug-likeness (QED) is 0.470. The molecule has 0 spiro atoms. The highest BCUT2D eigenvalue weighted by Crippen LogP contribution is 2.36. The number of anilines is 1. The van der Waals surface area contributed by atoms with Gasteiger partial charge in [-0.25, -0.2) is 0 Å². The van der Waals surface area contributed by atoms with E-state index < -0.39 is 23.6 Å². The van der Waals surface area contributed by atoms with Crippen molar-refractivity contribution in [3.05, 3.63) is 70.1 Å². The van der Waals surface area contributed by atoms with Gasteiger partial charge < -0.3 is 15.2 Å². The van der Waals surface area contributed by atoms with Crippen molar-refractivity contribution < 1.29 is 24.2 Å². The topological polar surface area (TPSA) is 95.9 Å². The lowest BCUT2D eigenvalue weighted by Gasteiger charge is -2.12. The van der Waals surface area contributed by atoms with Crippen molar-refractivity contribution in [3.63, 3.8) is 0 Å². The number of allylic oxidation sites excluding steroid dienone is 1. The predicted octanol–water partition coefficient (Wildman–Crippen LogP) is 4.46. The molecule has 2 N–H and O–H groups in total. The largest absolute Gasteiger partial charge is 0.504 e. The summed E-state index contributed by atoms with van der Waals surface area (Å²) in [5.41, 5.74) is 1.65. The summed E-state index contributed by atoms with van der Waals surface area (Å²) in [4.78, 5) is 38.3. The minimum Gasteiger partial charge on any atom is -0.504 e. The van der Waals surface area contributed by atoms with E-state index in [2.05, 4.69) is 11.9 Å². The molecule has 0 saturated carbocycles. The number of phenols is 1. The molecule has 0 aliphatic carbocycles. The van der Waals surface area contributed by atoms with Gasteiger partial charge >= 0.3 is 0 Å². The molecule has 2 aromatic rings. The minimum absolute atomic E-state index is 0.00785. The van der Waals surface area contributed by atoms with Gasteiger partial charge in [-0.2, -0.15) is 0 Å². The van der Waals surface area contributed by atoms with E-state index in [0.717, 1.165) is 16.7 Å². The summed E-state index contributed by atoms with van der Waals surface area (Å²) in [6, 6.07) is 9.71. The van der Waals surface area contributed by atoms with Crippen LogP contribution in [0, 0.1) is 0 Å². The van der Waals surface area contributed by atoms with Gasteiger partial charge in [0.1, 0.15) is 6.54 Å². The Morgan fingerprint density at radius 2 is 2.00 bits per heavy atom. The van der Waals surface area contributed by atoms with Gasteiger partial charge in [-0.1, -0.05) is 17.7 Å². The smallest absolute Gasteiger partial charge is 0.294 e. The maximum Gasteiger partial charge on any atom is 0.294 e. The Morgan fingerprint density at radius 1 is 1.29 bits per heavy atom. The van der Waals surface area contributed by atoms with Crippen LogP contribution >= 0.6 is 23.4 Å². The maximum absolute atomic E-state index is 12.7.